The van der Waals surface area contributed by atoms with E-state index in [0.717, 1.165) is 32.5 Å². The molecule has 0 radical (unpaired) electrons. The van der Waals surface area contributed by atoms with Gasteiger partial charge in [-0.1, -0.05) is 25.7 Å². The summed E-state index contributed by atoms with van der Waals surface area (Å²) in [6, 6.07) is 0.705. The lowest BCUT2D eigenvalue weighted by molar-refractivity contribution is -0.0253. The lowest BCUT2D eigenvalue weighted by atomic mass is 9.91. The fourth-order valence-corrected chi connectivity index (χ4v) is 3.34. The first kappa shape index (κ1) is 13.3. The third-order valence-electron chi connectivity index (χ3n) is 4.53. The van der Waals surface area contributed by atoms with E-state index >= 15 is 0 Å². The Morgan fingerprint density at radius 3 is 2.29 bits per heavy atom. The molecule has 1 aliphatic heterocycles. The molecule has 100 valence electrons. The molecule has 2 aliphatic rings. The molecule has 0 aromatic carbocycles. The van der Waals surface area contributed by atoms with Gasteiger partial charge in [0.05, 0.1) is 5.60 Å². The minimum atomic E-state index is -0.438. The second kappa shape index (κ2) is 6.17. The van der Waals surface area contributed by atoms with Crippen LogP contribution < -0.4 is 5.32 Å². The Bertz CT molecular complexity index is 218. The maximum Gasteiger partial charge on any atom is 0.0798 e. The highest BCUT2D eigenvalue weighted by Crippen LogP contribution is 2.25. The summed E-state index contributed by atoms with van der Waals surface area (Å²) in [5.41, 5.74) is -0.438. The number of hydrogen-bond donors (Lipinski definition) is 2. The van der Waals surface area contributed by atoms with Crippen LogP contribution in [-0.4, -0.2) is 48.3 Å². The molecule has 0 aromatic rings. The Labute approximate surface area is 106 Å². The van der Waals surface area contributed by atoms with Crippen molar-refractivity contribution in [2.45, 2.75) is 63.0 Å². The minimum Gasteiger partial charge on any atom is -0.388 e. The number of piperidine rings is 1. The highest BCUT2D eigenvalue weighted by atomic mass is 16.3. The van der Waals surface area contributed by atoms with Gasteiger partial charge < -0.3 is 15.3 Å². The average molecular weight is 240 g/mol. The largest absolute Gasteiger partial charge is 0.388 e. The van der Waals surface area contributed by atoms with Crippen LogP contribution in [0.1, 0.15) is 51.4 Å². The second-order valence-electron chi connectivity index (χ2n) is 6.03. The molecule has 0 spiro atoms. The fourth-order valence-electron chi connectivity index (χ4n) is 3.34. The van der Waals surface area contributed by atoms with Crippen molar-refractivity contribution in [3.8, 4) is 0 Å². The summed E-state index contributed by atoms with van der Waals surface area (Å²) in [6.07, 6.45) is 10.0. The first-order chi connectivity index (χ1) is 8.20. The standard InChI is InChI=1S/C14H28N2O/c1-16(13-6-4-2-3-5-7-13)12-14(17)8-10-15-11-9-14/h13,15,17H,2-12H2,1H3. The summed E-state index contributed by atoms with van der Waals surface area (Å²) in [5.74, 6) is 0. The lowest BCUT2D eigenvalue weighted by Gasteiger charge is -2.38. The van der Waals surface area contributed by atoms with Gasteiger partial charge in [0.25, 0.3) is 0 Å². The summed E-state index contributed by atoms with van der Waals surface area (Å²) in [6.45, 7) is 2.80. The molecule has 0 amide bonds. The van der Waals surface area contributed by atoms with Crippen LogP contribution in [-0.2, 0) is 0 Å². The van der Waals surface area contributed by atoms with Crippen molar-refractivity contribution >= 4 is 0 Å². The summed E-state index contributed by atoms with van der Waals surface area (Å²) < 4.78 is 0. The predicted octanol–water partition coefficient (Wildman–Crippen LogP) is 1.76. The molecule has 3 heteroatoms. The van der Waals surface area contributed by atoms with Crippen molar-refractivity contribution < 1.29 is 5.11 Å². The Balaban J connectivity index is 1.83. The molecule has 1 heterocycles. The van der Waals surface area contributed by atoms with Crippen LogP contribution in [0.3, 0.4) is 0 Å². The molecule has 2 fully saturated rings. The molecule has 0 aromatic heterocycles. The van der Waals surface area contributed by atoms with Crippen molar-refractivity contribution in [2.75, 3.05) is 26.7 Å². The molecule has 1 aliphatic carbocycles. The van der Waals surface area contributed by atoms with Crippen molar-refractivity contribution in [2.24, 2.45) is 0 Å². The van der Waals surface area contributed by atoms with E-state index in [2.05, 4.69) is 17.3 Å². The number of likely N-dealkylation sites (N-methyl/N-ethyl adjacent to an activating group) is 1. The van der Waals surface area contributed by atoms with Gasteiger partial charge in [0.1, 0.15) is 0 Å². The summed E-state index contributed by atoms with van der Waals surface area (Å²) in [5, 5.41) is 13.9. The maximum absolute atomic E-state index is 10.6. The molecule has 1 saturated carbocycles. The van der Waals surface area contributed by atoms with Crippen LogP contribution in [0.25, 0.3) is 0 Å². The quantitative estimate of drug-likeness (QED) is 0.738. The van der Waals surface area contributed by atoms with E-state index in [0.29, 0.717) is 6.04 Å². The van der Waals surface area contributed by atoms with Gasteiger partial charge in [0.15, 0.2) is 0 Å². The monoisotopic (exact) mass is 240 g/mol. The van der Waals surface area contributed by atoms with E-state index in [9.17, 15) is 5.11 Å². The van der Waals surface area contributed by atoms with Gasteiger partial charge >= 0.3 is 0 Å². The van der Waals surface area contributed by atoms with Gasteiger partial charge in [-0.05, 0) is 45.8 Å². The van der Waals surface area contributed by atoms with Crippen LogP contribution in [0.15, 0.2) is 0 Å². The summed E-state index contributed by atoms with van der Waals surface area (Å²) in [4.78, 5) is 2.43. The number of nitrogens with one attached hydrogen (secondary N) is 1. The van der Waals surface area contributed by atoms with Crippen LogP contribution in [0.5, 0.6) is 0 Å². The zero-order valence-electron chi connectivity index (χ0n) is 11.2. The predicted molar refractivity (Wildman–Crippen MR) is 71.2 cm³/mol. The zero-order valence-corrected chi connectivity index (χ0v) is 11.2. The van der Waals surface area contributed by atoms with Gasteiger partial charge in [-0.25, -0.2) is 0 Å². The first-order valence-electron chi connectivity index (χ1n) is 7.33. The second-order valence-corrected chi connectivity index (χ2v) is 6.03. The highest BCUT2D eigenvalue weighted by Gasteiger charge is 2.32. The normalized spacial score (nSPS) is 27.0. The maximum atomic E-state index is 10.6. The Morgan fingerprint density at radius 2 is 1.71 bits per heavy atom. The molecule has 17 heavy (non-hydrogen) atoms. The Hall–Kier alpha value is -0.120. The van der Waals surface area contributed by atoms with Crippen molar-refractivity contribution in [1.29, 1.82) is 0 Å². The van der Waals surface area contributed by atoms with Gasteiger partial charge in [0.2, 0.25) is 0 Å². The van der Waals surface area contributed by atoms with Gasteiger partial charge in [0, 0.05) is 12.6 Å². The van der Waals surface area contributed by atoms with E-state index in [-0.39, 0.29) is 0 Å². The van der Waals surface area contributed by atoms with Crippen molar-refractivity contribution in [1.82, 2.24) is 10.2 Å². The number of nitrogens with zero attached hydrogens (tertiary/aromatic N) is 1. The molecule has 0 bridgehead atoms. The van der Waals surface area contributed by atoms with Crippen molar-refractivity contribution in [3.05, 3.63) is 0 Å². The molecular weight excluding hydrogens is 212 g/mol. The van der Waals surface area contributed by atoms with E-state index in [1.54, 1.807) is 0 Å². The SMILES string of the molecule is CN(CC1(O)CCNCC1)C1CCCCCC1. The van der Waals surface area contributed by atoms with Crippen LogP contribution in [0.4, 0.5) is 0 Å². The van der Waals surface area contributed by atoms with Crippen LogP contribution in [0, 0.1) is 0 Å². The smallest absolute Gasteiger partial charge is 0.0798 e. The number of rotatable bonds is 3. The zero-order chi connectivity index (χ0) is 12.1. The van der Waals surface area contributed by atoms with E-state index in [4.69, 9.17) is 0 Å². The van der Waals surface area contributed by atoms with Crippen molar-refractivity contribution in [3.63, 3.8) is 0 Å². The van der Waals surface area contributed by atoms with E-state index in [1.807, 2.05) is 0 Å². The molecular formula is C14H28N2O. The molecule has 2 rings (SSSR count). The molecule has 3 nitrogen and oxygen atoms in total. The molecule has 1 saturated heterocycles. The third kappa shape index (κ3) is 3.94. The molecule has 0 atom stereocenters. The molecule has 0 unspecified atom stereocenters. The Kier molecular flexibility index (Phi) is 4.83. The van der Waals surface area contributed by atoms with Crippen LogP contribution >= 0.6 is 0 Å². The minimum absolute atomic E-state index is 0.438. The number of aliphatic hydroxyl groups is 1. The third-order valence-corrected chi connectivity index (χ3v) is 4.53. The lowest BCUT2D eigenvalue weighted by Crippen LogP contribution is -2.50. The fraction of sp³-hybridized carbons (Fsp3) is 1.00. The molecule has 2 N–H and O–H groups in total. The van der Waals surface area contributed by atoms with E-state index in [1.165, 1.54) is 38.5 Å². The Morgan fingerprint density at radius 1 is 1.12 bits per heavy atom. The van der Waals surface area contributed by atoms with Gasteiger partial charge in [-0.2, -0.15) is 0 Å². The van der Waals surface area contributed by atoms with E-state index < -0.39 is 5.60 Å². The topological polar surface area (TPSA) is 35.5 Å². The highest BCUT2D eigenvalue weighted by molar-refractivity contribution is 4.88. The first-order valence-corrected chi connectivity index (χ1v) is 7.33. The summed E-state index contributed by atoms with van der Waals surface area (Å²) >= 11 is 0. The average Bonchev–Trinajstić information content (AvgIpc) is 2.57. The number of hydrogen-bond acceptors (Lipinski definition) is 3. The van der Waals surface area contributed by atoms with Gasteiger partial charge in [-0.3, -0.25) is 0 Å². The summed E-state index contributed by atoms with van der Waals surface area (Å²) in [7, 11) is 2.20. The van der Waals surface area contributed by atoms with Crippen LogP contribution in [0.2, 0.25) is 0 Å². The van der Waals surface area contributed by atoms with Gasteiger partial charge in [-0.15, -0.1) is 0 Å².